The lowest BCUT2D eigenvalue weighted by atomic mass is 10.0. The maximum absolute atomic E-state index is 12.9. The molecule has 1 saturated carbocycles. The summed E-state index contributed by atoms with van der Waals surface area (Å²) < 4.78 is 11.8. The fourth-order valence-electron chi connectivity index (χ4n) is 5.48. The highest BCUT2D eigenvalue weighted by Crippen LogP contribution is 2.33. The predicted molar refractivity (Wildman–Crippen MR) is 116 cm³/mol. The molecule has 3 amide bonds. The molecule has 3 atom stereocenters. The Balaban J connectivity index is 1.26. The Bertz CT molecular complexity index is 915. The molecule has 0 radical (unpaired) electrons. The zero-order valence-electron chi connectivity index (χ0n) is 18.5. The van der Waals surface area contributed by atoms with Gasteiger partial charge in [-0.3, -0.25) is 24.6 Å². The van der Waals surface area contributed by atoms with Crippen molar-refractivity contribution in [3.63, 3.8) is 0 Å². The van der Waals surface area contributed by atoms with Crippen LogP contribution in [0.25, 0.3) is 0 Å². The quantitative estimate of drug-likeness (QED) is 0.649. The zero-order valence-corrected chi connectivity index (χ0v) is 18.5. The fourth-order valence-corrected chi connectivity index (χ4v) is 5.48. The van der Waals surface area contributed by atoms with Crippen LogP contribution in [0.1, 0.15) is 54.9 Å². The van der Waals surface area contributed by atoms with E-state index >= 15 is 0 Å². The fraction of sp³-hybridized carbons (Fsp3) is 0.625. The van der Waals surface area contributed by atoms with Gasteiger partial charge in [0.15, 0.2) is 0 Å². The number of hydrogen-bond acceptors (Lipinski definition) is 6. The zero-order chi connectivity index (χ0) is 22.2. The molecule has 0 bridgehead atoms. The highest BCUT2D eigenvalue weighted by molar-refractivity contribution is 6.05. The minimum absolute atomic E-state index is 0.136. The highest BCUT2D eigenvalue weighted by Gasteiger charge is 2.40. The van der Waals surface area contributed by atoms with Gasteiger partial charge in [-0.2, -0.15) is 0 Å². The van der Waals surface area contributed by atoms with E-state index in [1.54, 1.807) is 4.90 Å². The van der Waals surface area contributed by atoms with E-state index in [2.05, 4.69) is 17.1 Å². The number of piperidine rings is 1. The Labute approximate surface area is 188 Å². The number of carbonyl (C=O) groups is 3. The van der Waals surface area contributed by atoms with Gasteiger partial charge in [-0.1, -0.05) is 6.92 Å². The van der Waals surface area contributed by atoms with Crippen LogP contribution in [0, 0.1) is 5.92 Å². The van der Waals surface area contributed by atoms with E-state index in [1.165, 1.54) is 0 Å². The Morgan fingerprint density at radius 2 is 2.03 bits per heavy atom. The molecule has 4 aliphatic rings. The van der Waals surface area contributed by atoms with Crippen molar-refractivity contribution in [3.05, 3.63) is 29.3 Å². The first-order valence-corrected chi connectivity index (χ1v) is 11.8. The molecule has 3 aliphatic heterocycles. The van der Waals surface area contributed by atoms with Gasteiger partial charge in [-0.15, -0.1) is 0 Å². The molecule has 5 rings (SSSR count). The van der Waals surface area contributed by atoms with Gasteiger partial charge in [-0.25, -0.2) is 0 Å². The van der Waals surface area contributed by atoms with Gasteiger partial charge >= 0.3 is 0 Å². The maximum atomic E-state index is 12.9. The predicted octanol–water partition coefficient (Wildman–Crippen LogP) is 1.72. The van der Waals surface area contributed by atoms with E-state index in [4.69, 9.17) is 9.47 Å². The number of carbonyl (C=O) groups excluding carboxylic acids is 3. The van der Waals surface area contributed by atoms with Crippen molar-refractivity contribution < 1.29 is 23.9 Å². The van der Waals surface area contributed by atoms with Crippen LogP contribution in [0.2, 0.25) is 0 Å². The first-order chi connectivity index (χ1) is 15.5. The first-order valence-electron chi connectivity index (χ1n) is 11.8. The third-order valence-corrected chi connectivity index (χ3v) is 7.28. The summed E-state index contributed by atoms with van der Waals surface area (Å²) in [5.74, 6) is 0.592. The Morgan fingerprint density at radius 3 is 2.75 bits per heavy atom. The molecule has 8 heteroatoms. The summed E-state index contributed by atoms with van der Waals surface area (Å²) in [6, 6.07) is 5.44. The molecule has 1 aliphatic carbocycles. The van der Waals surface area contributed by atoms with E-state index in [0.29, 0.717) is 30.5 Å². The third kappa shape index (κ3) is 4.01. The normalized spacial score (nSPS) is 28.1. The summed E-state index contributed by atoms with van der Waals surface area (Å²) in [6.07, 6.45) is 4.09. The van der Waals surface area contributed by atoms with Crippen LogP contribution < -0.4 is 10.1 Å². The Hall–Kier alpha value is -2.45. The standard InChI is InChI=1S/C24H31N3O5/c1-2-26(11-15-13-31-14-15)19-4-3-5-21(19)32-17-6-7-18-16(10-17)12-27(24(18)30)20-8-9-22(28)25-23(20)29/h6-7,10,15,19-21H,2-5,8-9,11-14H2,1H3,(H,25,28,29)/t19-,20?,21+/m1/s1. The molecule has 0 spiro atoms. The number of ether oxygens (including phenoxy) is 2. The molecule has 1 aromatic carbocycles. The van der Waals surface area contributed by atoms with Gasteiger partial charge in [0.25, 0.3) is 5.91 Å². The number of amides is 3. The average Bonchev–Trinajstić information content (AvgIpc) is 3.32. The molecule has 8 nitrogen and oxygen atoms in total. The van der Waals surface area contributed by atoms with Crippen molar-refractivity contribution >= 4 is 17.7 Å². The lowest BCUT2D eigenvalue weighted by molar-refractivity contribution is -0.136. The molecule has 0 aromatic heterocycles. The molecule has 3 heterocycles. The molecule has 1 unspecified atom stereocenters. The molecule has 1 aromatic rings. The second-order valence-electron chi connectivity index (χ2n) is 9.36. The van der Waals surface area contributed by atoms with Crippen LogP contribution in [0.15, 0.2) is 18.2 Å². The Kier molecular flexibility index (Phi) is 5.90. The number of benzene rings is 1. The van der Waals surface area contributed by atoms with Crippen molar-refractivity contribution in [3.8, 4) is 5.75 Å². The monoisotopic (exact) mass is 441 g/mol. The summed E-state index contributed by atoms with van der Waals surface area (Å²) in [7, 11) is 0. The van der Waals surface area contributed by atoms with Crippen molar-refractivity contribution in [2.75, 3.05) is 26.3 Å². The van der Waals surface area contributed by atoms with Crippen molar-refractivity contribution in [1.29, 1.82) is 0 Å². The van der Waals surface area contributed by atoms with E-state index in [1.807, 2.05) is 18.2 Å². The van der Waals surface area contributed by atoms with Crippen LogP contribution >= 0.6 is 0 Å². The minimum atomic E-state index is -0.593. The van der Waals surface area contributed by atoms with Crippen LogP contribution in [-0.4, -0.2) is 72.0 Å². The lowest BCUT2D eigenvalue weighted by Crippen LogP contribution is -2.52. The SMILES string of the molecule is CCN(CC1COC1)[C@@H]1CCC[C@@H]1Oc1ccc2c(c1)CN(C1CCC(=O)NC1=O)C2=O. The maximum Gasteiger partial charge on any atom is 0.255 e. The van der Waals surface area contributed by atoms with E-state index < -0.39 is 6.04 Å². The second-order valence-corrected chi connectivity index (χ2v) is 9.36. The highest BCUT2D eigenvalue weighted by atomic mass is 16.5. The van der Waals surface area contributed by atoms with Gasteiger partial charge in [0, 0.05) is 37.0 Å². The topological polar surface area (TPSA) is 88.2 Å². The van der Waals surface area contributed by atoms with Crippen LogP contribution in [0.3, 0.4) is 0 Å². The van der Waals surface area contributed by atoms with Gasteiger partial charge < -0.3 is 14.4 Å². The number of nitrogens with zero attached hydrogens (tertiary/aromatic N) is 2. The molecular formula is C24H31N3O5. The summed E-state index contributed by atoms with van der Waals surface area (Å²) in [6.45, 7) is 6.35. The van der Waals surface area contributed by atoms with E-state index in [0.717, 1.165) is 56.9 Å². The number of fused-ring (bicyclic) bond motifs is 1. The molecule has 2 saturated heterocycles. The second kappa shape index (κ2) is 8.83. The van der Waals surface area contributed by atoms with Crippen LogP contribution in [0.4, 0.5) is 0 Å². The lowest BCUT2D eigenvalue weighted by Gasteiger charge is -2.37. The summed E-state index contributed by atoms with van der Waals surface area (Å²) >= 11 is 0. The number of rotatable bonds is 7. The van der Waals surface area contributed by atoms with Crippen LogP contribution in [-0.2, 0) is 20.9 Å². The molecular weight excluding hydrogens is 410 g/mol. The number of nitrogens with one attached hydrogen (secondary N) is 1. The van der Waals surface area contributed by atoms with E-state index in [9.17, 15) is 14.4 Å². The van der Waals surface area contributed by atoms with Gasteiger partial charge in [-0.05, 0) is 56.0 Å². The Morgan fingerprint density at radius 1 is 1.19 bits per heavy atom. The smallest absolute Gasteiger partial charge is 0.255 e. The molecule has 3 fully saturated rings. The average molecular weight is 442 g/mol. The summed E-state index contributed by atoms with van der Waals surface area (Å²) in [5, 5.41) is 2.35. The van der Waals surface area contributed by atoms with E-state index in [-0.39, 0.29) is 30.2 Å². The minimum Gasteiger partial charge on any atom is -0.489 e. The summed E-state index contributed by atoms with van der Waals surface area (Å²) in [5.41, 5.74) is 1.50. The first kappa shape index (κ1) is 21.4. The third-order valence-electron chi connectivity index (χ3n) is 7.28. The number of hydrogen-bond donors (Lipinski definition) is 1. The van der Waals surface area contributed by atoms with Crippen molar-refractivity contribution in [2.24, 2.45) is 5.92 Å². The van der Waals surface area contributed by atoms with Gasteiger partial charge in [0.2, 0.25) is 11.8 Å². The van der Waals surface area contributed by atoms with Crippen molar-refractivity contribution in [1.82, 2.24) is 15.1 Å². The van der Waals surface area contributed by atoms with Crippen molar-refractivity contribution in [2.45, 2.75) is 63.8 Å². The van der Waals surface area contributed by atoms with Gasteiger partial charge in [0.05, 0.1) is 13.2 Å². The number of likely N-dealkylation sites (N-methyl/N-ethyl adjacent to an activating group) is 1. The largest absolute Gasteiger partial charge is 0.489 e. The summed E-state index contributed by atoms with van der Waals surface area (Å²) in [4.78, 5) is 40.7. The van der Waals surface area contributed by atoms with Gasteiger partial charge in [0.1, 0.15) is 17.9 Å². The molecule has 32 heavy (non-hydrogen) atoms. The number of imide groups is 1. The molecule has 1 N–H and O–H groups in total. The molecule has 172 valence electrons. The van der Waals surface area contributed by atoms with Crippen LogP contribution in [0.5, 0.6) is 5.75 Å².